The van der Waals surface area contributed by atoms with Crippen LogP contribution in [0.1, 0.15) is 12.8 Å². The summed E-state index contributed by atoms with van der Waals surface area (Å²) in [6.45, 7) is 4.59. The van der Waals surface area contributed by atoms with E-state index in [4.69, 9.17) is 5.84 Å². The molecule has 1 heterocycles. The first kappa shape index (κ1) is 6.36. The summed E-state index contributed by atoms with van der Waals surface area (Å²) in [5, 5.41) is 1.78. The molecule has 0 spiro atoms. The van der Waals surface area contributed by atoms with Crippen LogP contribution in [0.5, 0.6) is 0 Å². The number of hydrazine groups is 1. The molecule has 0 aromatic heterocycles. The smallest absolute Gasteiger partial charge is 0.0342 e. The molecule has 0 aliphatic carbocycles. The molecular formula is C7H12N2. The quantitative estimate of drug-likeness (QED) is 0.529. The predicted molar refractivity (Wildman–Crippen MR) is 38.4 cm³/mol. The maximum atomic E-state index is 5.58. The molecule has 9 heavy (non-hydrogen) atoms. The monoisotopic (exact) mass is 124 g/mol. The summed E-state index contributed by atoms with van der Waals surface area (Å²) in [7, 11) is 0. The van der Waals surface area contributed by atoms with Gasteiger partial charge in [0.1, 0.15) is 0 Å². The molecule has 2 nitrogen and oxygen atoms in total. The highest BCUT2D eigenvalue weighted by atomic mass is 15.4. The van der Waals surface area contributed by atoms with Crippen LogP contribution in [0.25, 0.3) is 0 Å². The molecule has 1 aliphatic heterocycles. The van der Waals surface area contributed by atoms with Crippen LogP contribution in [-0.2, 0) is 0 Å². The zero-order valence-corrected chi connectivity index (χ0v) is 5.51. The van der Waals surface area contributed by atoms with Gasteiger partial charge in [0, 0.05) is 12.2 Å². The Bertz CT molecular complexity index is 138. The van der Waals surface area contributed by atoms with Gasteiger partial charge in [-0.05, 0) is 18.9 Å². The number of nitrogens with zero attached hydrogens (tertiary/aromatic N) is 1. The van der Waals surface area contributed by atoms with Crippen molar-refractivity contribution in [3.63, 3.8) is 0 Å². The van der Waals surface area contributed by atoms with E-state index >= 15 is 0 Å². The number of hydrogen-bond acceptors (Lipinski definition) is 2. The maximum absolute atomic E-state index is 5.58. The Morgan fingerprint density at radius 2 is 2.44 bits per heavy atom. The van der Waals surface area contributed by atoms with Crippen molar-refractivity contribution in [1.82, 2.24) is 5.01 Å². The van der Waals surface area contributed by atoms with Crippen molar-refractivity contribution in [2.45, 2.75) is 12.8 Å². The van der Waals surface area contributed by atoms with Gasteiger partial charge in [-0.15, -0.1) is 0 Å². The Labute approximate surface area is 55.6 Å². The summed E-state index contributed by atoms with van der Waals surface area (Å²) in [4.78, 5) is 0. The second kappa shape index (κ2) is 2.69. The van der Waals surface area contributed by atoms with Crippen molar-refractivity contribution < 1.29 is 0 Å². The zero-order valence-electron chi connectivity index (χ0n) is 5.51. The molecular weight excluding hydrogens is 112 g/mol. The van der Waals surface area contributed by atoms with E-state index in [-0.39, 0.29) is 0 Å². The Morgan fingerprint density at radius 1 is 1.67 bits per heavy atom. The van der Waals surface area contributed by atoms with Gasteiger partial charge in [0.05, 0.1) is 0 Å². The van der Waals surface area contributed by atoms with Crippen LogP contribution in [0.3, 0.4) is 0 Å². The van der Waals surface area contributed by atoms with Gasteiger partial charge in [-0.25, -0.2) is 5.84 Å². The molecule has 0 unspecified atom stereocenters. The highest BCUT2D eigenvalue weighted by Gasteiger charge is 2.10. The number of hydrogen-bond donors (Lipinski definition) is 1. The molecule has 0 atom stereocenters. The summed E-state index contributed by atoms with van der Waals surface area (Å²) < 4.78 is 0. The average Bonchev–Trinajstić information content (AvgIpc) is 2.18. The van der Waals surface area contributed by atoms with Gasteiger partial charge >= 0.3 is 0 Å². The predicted octanol–water partition coefficient (Wildman–Crippen LogP) is 1.03. The van der Waals surface area contributed by atoms with Crippen LogP contribution in [0.4, 0.5) is 0 Å². The number of allylic oxidation sites excluding steroid dienone is 3. The third-order valence-corrected chi connectivity index (χ3v) is 1.51. The first-order valence-electron chi connectivity index (χ1n) is 3.18. The highest BCUT2D eigenvalue weighted by Crippen LogP contribution is 2.15. The molecule has 0 aromatic rings. The molecule has 0 aromatic carbocycles. The van der Waals surface area contributed by atoms with Gasteiger partial charge < -0.3 is 5.01 Å². The molecule has 2 N–H and O–H groups in total. The lowest BCUT2D eigenvalue weighted by atomic mass is 10.3. The molecule has 1 fully saturated rings. The second-order valence-corrected chi connectivity index (χ2v) is 2.19. The second-order valence-electron chi connectivity index (χ2n) is 2.19. The average molecular weight is 124 g/mol. The van der Waals surface area contributed by atoms with E-state index in [1.165, 1.54) is 12.1 Å². The standard InChI is InChI=1S/C7H12N2/c1-2-4-7-5-3-6-9(7)8/h2,4H,1,3,5-6,8H2/b7-4-. The minimum atomic E-state index is 0.986. The molecule has 0 amide bonds. The maximum Gasteiger partial charge on any atom is 0.0342 e. The van der Waals surface area contributed by atoms with Crippen LogP contribution >= 0.6 is 0 Å². The zero-order chi connectivity index (χ0) is 6.69. The molecule has 1 aliphatic rings. The molecule has 0 bridgehead atoms. The van der Waals surface area contributed by atoms with Gasteiger partial charge in [-0.3, -0.25) is 0 Å². The summed E-state index contributed by atoms with van der Waals surface area (Å²) in [5.41, 5.74) is 1.20. The van der Waals surface area contributed by atoms with Crippen LogP contribution in [0.15, 0.2) is 24.4 Å². The van der Waals surface area contributed by atoms with Crippen LogP contribution < -0.4 is 5.84 Å². The highest BCUT2D eigenvalue weighted by molar-refractivity contribution is 5.11. The van der Waals surface area contributed by atoms with E-state index in [9.17, 15) is 0 Å². The van der Waals surface area contributed by atoms with E-state index in [2.05, 4.69) is 6.58 Å². The third kappa shape index (κ3) is 1.33. The minimum absolute atomic E-state index is 0.986. The van der Waals surface area contributed by atoms with Gasteiger partial charge in [0.15, 0.2) is 0 Å². The molecule has 0 radical (unpaired) electrons. The van der Waals surface area contributed by atoms with E-state index in [0.717, 1.165) is 13.0 Å². The summed E-state index contributed by atoms with van der Waals surface area (Å²) in [5.74, 6) is 5.58. The van der Waals surface area contributed by atoms with E-state index in [0.29, 0.717) is 0 Å². The molecule has 2 heteroatoms. The Hall–Kier alpha value is -0.760. The fourth-order valence-corrected chi connectivity index (χ4v) is 1.03. The van der Waals surface area contributed by atoms with Gasteiger partial charge in [0.25, 0.3) is 0 Å². The van der Waals surface area contributed by atoms with E-state index in [1.54, 1.807) is 11.1 Å². The van der Waals surface area contributed by atoms with Crippen molar-refractivity contribution in [2.24, 2.45) is 5.84 Å². The summed E-state index contributed by atoms with van der Waals surface area (Å²) in [6, 6.07) is 0. The molecule has 1 rings (SSSR count). The third-order valence-electron chi connectivity index (χ3n) is 1.51. The Kier molecular flexibility index (Phi) is 1.90. The largest absolute Gasteiger partial charge is 0.315 e. The SMILES string of the molecule is C=C/C=C1/CCCN1N. The van der Waals surface area contributed by atoms with Crippen molar-refractivity contribution in [1.29, 1.82) is 0 Å². The first-order valence-corrected chi connectivity index (χ1v) is 3.18. The molecule has 0 saturated carbocycles. The van der Waals surface area contributed by atoms with E-state index < -0.39 is 0 Å². The Balaban J connectivity index is 2.58. The topological polar surface area (TPSA) is 29.3 Å². The van der Waals surface area contributed by atoms with Crippen molar-refractivity contribution in [2.75, 3.05) is 6.54 Å². The number of nitrogens with two attached hydrogens (primary N) is 1. The summed E-state index contributed by atoms with van der Waals surface area (Å²) in [6.07, 6.45) is 6.02. The lowest BCUT2D eigenvalue weighted by Crippen LogP contribution is -2.25. The Morgan fingerprint density at radius 3 is 2.89 bits per heavy atom. The van der Waals surface area contributed by atoms with Crippen molar-refractivity contribution in [3.8, 4) is 0 Å². The van der Waals surface area contributed by atoms with Crippen LogP contribution in [-0.4, -0.2) is 11.6 Å². The minimum Gasteiger partial charge on any atom is -0.315 e. The van der Waals surface area contributed by atoms with Crippen LogP contribution in [0, 0.1) is 0 Å². The van der Waals surface area contributed by atoms with E-state index in [1.807, 2.05) is 6.08 Å². The summed E-state index contributed by atoms with van der Waals surface area (Å²) >= 11 is 0. The normalized spacial score (nSPS) is 23.2. The molecule has 1 saturated heterocycles. The fraction of sp³-hybridized carbons (Fsp3) is 0.429. The van der Waals surface area contributed by atoms with Gasteiger partial charge in [0.2, 0.25) is 0 Å². The van der Waals surface area contributed by atoms with Crippen LogP contribution in [0.2, 0.25) is 0 Å². The lowest BCUT2D eigenvalue weighted by molar-refractivity contribution is 0.413. The van der Waals surface area contributed by atoms with Crippen molar-refractivity contribution >= 4 is 0 Å². The van der Waals surface area contributed by atoms with Crippen molar-refractivity contribution in [3.05, 3.63) is 24.4 Å². The molecule has 50 valence electrons. The number of rotatable bonds is 1. The first-order chi connectivity index (χ1) is 4.34. The van der Waals surface area contributed by atoms with Gasteiger partial charge in [-0.2, -0.15) is 0 Å². The lowest BCUT2D eigenvalue weighted by Gasteiger charge is -2.10. The van der Waals surface area contributed by atoms with Gasteiger partial charge in [-0.1, -0.05) is 12.7 Å². The fourth-order valence-electron chi connectivity index (χ4n) is 1.03.